The molecule has 5 heteroatoms. The van der Waals surface area contributed by atoms with E-state index in [0.717, 1.165) is 18.5 Å². The zero-order valence-corrected chi connectivity index (χ0v) is 13.4. The molecule has 0 unspecified atom stereocenters. The smallest absolute Gasteiger partial charge is 0.279 e. The van der Waals surface area contributed by atoms with Crippen LogP contribution in [0.15, 0.2) is 47.3 Å². The molecular weight excluding hydrogens is 302 g/mol. The summed E-state index contributed by atoms with van der Waals surface area (Å²) < 4.78 is 0. The molecule has 120 valence electrons. The van der Waals surface area contributed by atoms with Crippen LogP contribution in [0.25, 0.3) is 10.8 Å². The van der Waals surface area contributed by atoms with Crippen molar-refractivity contribution < 1.29 is 4.79 Å². The predicted molar refractivity (Wildman–Crippen MR) is 93.5 cm³/mol. The molecular formula is C19H17N3O2. The highest BCUT2D eigenvalue weighted by Crippen LogP contribution is 2.29. The Morgan fingerprint density at radius 2 is 1.96 bits per heavy atom. The Morgan fingerprint density at radius 1 is 1.17 bits per heavy atom. The molecule has 3 aromatic rings. The van der Waals surface area contributed by atoms with Crippen molar-refractivity contribution in [2.45, 2.75) is 19.8 Å². The molecule has 0 bridgehead atoms. The summed E-state index contributed by atoms with van der Waals surface area (Å²) in [6, 6.07) is 13.2. The highest BCUT2D eigenvalue weighted by molar-refractivity contribution is 6.12. The SMILES string of the molecule is Cc1ccc2c(c1)CCCN2C(=O)c1n[nH]c(=O)c2ccccc12. The van der Waals surface area contributed by atoms with Crippen molar-refractivity contribution in [3.05, 3.63) is 69.6 Å². The van der Waals surface area contributed by atoms with Crippen LogP contribution in [0.3, 0.4) is 0 Å². The summed E-state index contributed by atoms with van der Waals surface area (Å²) >= 11 is 0. The summed E-state index contributed by atoms with van der Waals surface area (Å²) in [5, 5.41) is 7.56. The van der Waals surface area contributed by atoms with Gasteiger partial charge in [-0.05, 0) is 37.5 Å². The van der Waals surface area contributed by atoms with Crippen LogP contribution in [0.5, 0.6) is 0 Å². The van der Waals surface area contributed by atoms with Crippen LogP contribution in [0.1, 0.15) is 28.0 Å². The standard InChI is InChI=1S/C19H17N3O2/c1-12-8-9-16-13(11-12)5-4-10-22(16)19(24)17-14-6-2-3-7-15(14)18(23)21-20-17/h2-3,6-9,11H,4-5,10H2,1H3,(H,21,23). The number of fused-ring (bicyclic) bond motifs is 2. The summed E-state index contributed by atoms with van der Waals surface area (Å²) in [5.41, 5.74) is 3.32. The van der Waals surface area contributed by atoms with Crippen LogP contribution in [-0.4, -0.2) is 22.6 Å². The summed E-state index contributed by atoms with van der Waals surface area (Å²) in [6.07, 6.45) is 1.89. The largest absolute Gasteiger partial charge is 0.307 e. The van der Waals surface area contributed by atoms with Gasteiger partial charge in [0.2, 0.25) is 0 Å². The van der Waals surface area contributed by atoms with Gasteiger partial charge in [-0.1, -0.05) is 35.9 Å². The number of rotatable bonds is 1. The number of nitrogens with one attached hydrogen (secondary N) is 1. The van der Waals surface area contributed by atoms with Gasteiger partial charge in [-0.3, -0.25) is 9.59 Å². The van der Waals surface area contributed by atoms with Crippen molar-refractivity contribution in [2.75, 3.05) is 11.4 Å². The molecule has 1 aliphatic heterocycles. The molecule has 0 saturated heterocycles. The Labute approximate surface area is 138 Å². The Bertz CT molecular complexity index is 1010. The number of nitrogens with zero attached hydrogens (tertiary/aromatic N) is 2. The molecule has 0 aliphatic carbocycles. The molecule has 5 nitrogen and oxygen atoms in total. The molecule has 0 fully saturated rings. The van der Waals surface area contributed by atoms with Crippen LogP contribution < -0.4 is 10.5 Å². The average Bonchev–Trinajstić information content (AvgIpc) is 2.61. The molecule has 4 rings (SSSR count). The Morgan fingerprint density at radius 3 is 2.79 bits per heavy atom. The molecule has 1 amide bonds. The average molecular weight is 319 g/mol. The lowest BCUT2D eigenvalue weighted by molar-refractivity contribution is 0.0981. The second-order valence-corrected chi connectivity index (χ2v) is 6.14. The number of aromatic nitrogens is 2. The molecule has 2 aromatic carbocycles. The van der Waals surface area contributed by atoms with E-state index in [1.165, 1.54) is 11.1 Å². The fourth-order valence-electron chi connectivity index (χ4n) is 3.34. The van der Waals surface area contributed by atoms with Crippen molar-refractivity contribution in [2.24, 2.45) is 0 Å². The summed E-state index contributed by atoms with van der Waals surface area (Å²) in [5.74, 6) is -0.174. The quantitative estimate of drug-likeness (QED) is 0.750. The first-order valence-corrected chi connectivity index (χ1v) is 8.04. The molecule has 1 aromatic heterocycles. The van der Waals surface area contributed by atoms with E-state index in [2.05, 4.69) is 23.2 Å². The molecule has 2 heterocycles. The number of carbonyl (C=O) groups is 1. The number of benzene rings is 2. The molecule has 0 atom stereocenters. The number of hydrogen-bond donors (Lipinski definition) is 1. The van der Waals surface area contributed by atoms with Crippen molar-refractivity contribution in [3.8, 4) is 0 Å². The van der Waals surface area contributed by atoms with E-state index in [4.69, 9.17) is 0 Å². The van der Waals surface area contributed by atoms with Crippen LogP contribution in [0, 0.1) is 6.92 Å². The van der Waals surface area contributed by atoms with Crippen molar-refractivity contribution in [1.29, 1.82) is 0 Å². The minimum absolute atomic E-state index is 0.174. The number of amides is 1. The van der Waals surface area contributed by atoms with Crippen LogP contribution in [0.4, 0.5) is 5.69 Å². The van der Waals surface area contributed by atoms with Crippen molar-refractivity contribution in [1.82, 2.24) is 10.2 Å². The number of aromatic amines is 1. The molecule has 24 heavy (non-hydrogen) atoms. The first kappa shape index (κ1) is 14.6. The third-order valence-electron chi connectivity index (χ3n) is 4.50. The second kappa shape index (κ2) is 5.60. The molecule has 1 aliphatic rings. The van der Waals surface area contributed by atoms with Crippen molar-refractivity contribution >= 4 is 22.4 Å². The van der Waals surface area contributed by atoms with E-state index in [1.807, 2.05) is 18.2 Å². The third-order valence-corrected chi connectivity index (χ3v) is 4.50. The van der Waals surface area contributed by atoms with Gasteiger partial charge in [-0.2, -0.15) is 5.10 Å². The Kier molecular flexibility index (Phi) is 3.41. The fraction of sp³-hybridized carbons (Fsp3) is 0.211. The first-order chi connectivity index (χ1) is 11.6. The fourth-order valence-corrected chi connectivity index (χ4v) is 3.34. The van der Waals surface area contributed by atoms with E-state index < -0.39 is 0 Å². The number of carbonyl (C=O) groups excluding carboxylic acids is 1. The minimum atomic E-state index is -0.281. The number of H-pyrrole nitrogens is 1. The predicted octanol–water partition coefficient (Wildman–Crippen LogP) is 2.82. The lowest BCUT2D eigenvalue weighted by atomic mass is 9.99. The number of hydrogen-bond acceptors (Lipinski definition) is 3. The maximum atomic E-state index is 13.1. The molecule has 0 spiro atoms. The van der Waals surface area contributed by atoms with Gasteiger partial charge >= 0.3 is 0 Å². The summed E-state index contributed by atoms with van der Waals surface area (Å²) in [7, 11) is 0. The second-order valence-electron chi connectivity index (χ2n) is 6.14. The van der Waals surface area contributed by atoms with Gasteiger partial charge in [-0.15, -0.1) is 0 Å². The third kappa shape index (κ3) is 2.29. The summed E-state index contributed by atoms with van der Waals surface area (Å²) in [4.78, 5) is 26.8. The van der Waals surface area contributed by atoms with Crippen LogP contribution >= 0.6 is 0 Å². The lowest BCUT2D eigenvalue weighted by Gasteiger charge is -2.29. The Balaban J connectivity index is 1.84. The minimum Gasteiger partial charge on any atom is -0.307 e. The monoisotopic (exact) mass is 319 g/mol. The highest BCUT2D eigenvalue weighted by Gasteiger charge is 2.26. The topological polar surface area (TPSA) is 66.1 Å². The van der Waals surface area contributed by atoms with Gasteiger partial charge < -0.3 is 4.90 Å². The zero-order valence-electron chi connectivity index (χ0n) is 13.4. The Hall–Kier alpha value is -2.95. The molecule has 0 saturated carbocycles. The van der Waals surface area contributed by atoms with Crippen molar-refractivity contribution in [3.63, 3.8) is 0 Å². The van der Waals surface area contributed by atoms with E-state index in [-0.39, 0.29) is 11.5 Å². The number of aryl methyl sites for hydroxylation is 2. The van der Waals surface area contributed by atoms with E-state index in [9.17, 15) is 9.59 Å². The van der Waals surface area contributed by atoms with Crippen LogP contribution in [-0.2, 0) is 6.42 Å². The normalized spacial score (nSPS) is 13.8. The number of anilines is 1. The molecule has 0 radical (unpaired) electrons. The van der Waals surface area contributed by atoms with Crippen LogP contribution in [0.2, 0.25) is 0 Å². The maximum absolute atomic E-state index is 13.1. The maximum Gasteiger partial charge on any atom is 0.279 e. The van der Waals surface area contributed by atoms with E-state index in [1.54, 1.807) is 23.1 Å². The van der Waals surface area contributed by atoms with Gasteiger partial charge in [-0.25, -0.2) is 5.10 Å². The van der Waals surface area contributed by atoms with Gasteiger partial charge in [0.05, 0.1) is 5.39 Å². The van der Waals surface area contributed by atoms with Gasteiger partial charge in [0.25, 0.3) is 11.5 Å². The van der Waals surface area contributed by atoms with Gasteiger partial charge in [0.1, 0.15) is 0 Å². The zero-order chi connectivity index (χ0) is 16.7. The summed E-state index contributed by atoms with van der Waals surface area (Å²) in [6.45, 7) is 2.71. The highest BCUT2D eigenvalue weighted by atomic mass is 16.2. The van der Waals surface area contributed by atoms with Gasteiger partial charge in [0, 0.05) is 17.6 Å². The lowest BCUT2D eigenvalue weighted by Crippen LogP contribution is -2.36. The first-order valence-electron chi connectivity index (χ1n) is 8.04. The van der Waals surface area contributed by atoms with E-state index in [0.29, 0.717) is 23.0 Å². The van der Waals surface area contributed by atoms with E-state index >= 15 is 0 Å². The molecule has 1 N–H and O–H groups in total. The van der Waals surface area contributed by atoms with Gasteiger partial charge in [0.15, 0.2) is 5.69 Å².